The van der Waals surface area contributed by atoms with Crippen LogP contribution >= 0.6 is 0 Å². The van der Waals surface area contributed by atoms with Crippen LogP contribution in [0.2, 0.25) is 0 Å². The highest BCUT2D eigenvalue weighted by Crippen LogP contribution is 2.38. The molecule has 0 spiro atoms. The van der Waals surface area contributed by atoms with E-state index in [9.17, 15) is 9.59 Å². The second-order valence-corrected chi connectivity index (χ2v) is 8.24. The number of carbonyl (C=O) groups is 2. The fourth-order valence-electron chi connectivity index (χ4n) is 4.21. The van der Waals surface area contributed by atoms with E-state index < -0.39 is 6.10 Å². The van der Waals surface area contributed by atoms with E-state index in [-0.39, 0.29) is 17.9 Å². The van der Waals surface area contributed by atoms with Crippen molar-refractivity contribution in [2.75, 3.05) is 20.1 Å². The topological polar surface area (TPSA) is 49.9 Å². The third kappa shape index (κ3) is 4.92. The molecule has 31 heavy (non-hydrogen) atoms. The molecule has 2 atom stereocenters. The van der Waals surface area contributed by atoms with Crippen LogP contribution in [0.1, 0.15) is 61.9 Å². The minimum atomic E-state index is -0.516. The molecule has 0 saturated heterocycles. The van der Waals surface area contributed by atoms with Gasteiger partial charge in [0.1, 0.15) is 5.75 Å². The fraction of sp³-hybridized carbons (Fsp3) is 0.462. The zero-order chi connectivity index (χ0) is 22.5. The van der Waals surface area contributed by atoms with Crippen molar-refractivity contribution in [1.29, 1.82) is 0 Å². The summed E-state index contributed by atoms with van der Waals surface area (Å²) in [6.07, 6.45) is 1.38. The Hall–Kier alpha value is -2.82. The molecule has 0 radical (unpaired) electrons. The Bertz CT molecular complexity index is 940. The maximum absolute atomic E-state index is 12.8. The number of benzene rings is 2. The van der Waals surface area contributed by atoms with Gasteiger partial charge in [-0.3, -0.25) is 9.59 Å². The lowest BCUT2D eigenvalue weighted by atomic mass is 9.87. The first-order valence-electron chi connectivity index (χ1n) is 11.3. The van der Waals surface area contributed by atoms with Crippen LogP contribution in [0.25, 0.3) is 0 Å². The van der Waals surface area contributed by atoms with Crippen molar-refractivity contribution >= 4 is 11.8 Å². The van der Waals surface area contributed by atoms with E-state index in [4.69, 9.17) is 4.74 Å². The first-order chi connectivity index (χ1) is 14.9. The summed E-state index contributed by atoms with van der Waals surface area (Å²) in [5, 5.41) is 0. The number of hydrogen-bond acceptors (Lipinski definition) is 3. The van der Waals surface area contributed by atoms with Crippen LogP contribution in [0.5, 0.6) is 5.75 Å². The number of fused-ring (bicyclic) bond motifs is 1. The lowest BCUT2D eigenvalue weighted by Gasteiger charge is -2.38. The maximum atomic E-state index is 12.8. The van der Waals surface area contributed by atoms with E-state index in [1.807, 2.05) is 43.9 Å². The molecule has 2 unspecified atom stereocenters. The van der Waals surface area contributed by atoms with E-state index >= 15 is 0 Å². The third-order valence-corrected chi connectivity index (χ3v) is 6.10. The lowest BCUT2D eigenvalue weighted by molar-refractivity contribution is -0.137. The van der Waals surface area contributed by atoms with Gasteiger partial charge in [0.05, 0.1) is 6.04 Å². The highest BCUT2D eigenvalue weighted by atomic mass is 16.5. The number of nitrogens with zero attached hydrogens (tertiary/aromatic N) is 2. The molecule has 166 valence electrons. The Morgan fingerprint density at radius 3 is 2.58 bits per heavy atom. The van der Waals surface area contributed by atoms with Crippen LogP contribution in [0.3, 0.4) is 0 Å². The van der Waals surface area contributed by atoms with Crippen molar-refractivity contribution in [1.82, 2.24) is 9.80 Å². The van der Waals surface area contributed by atoms with Crippen molar-refractivity contribution in [3.8, 4) is 5.75 Å². The van der Waals surface area contributed by atoms with E-state index in [0.29, 0.717) is 31.7 Å². The Balaban J connectivity index is 2.00. The van der Waals surface area contributed by atoms with Gasteiger partial charge in [-0.2, -0.15) is 0 Å². The molecular weight excluding hydrogens is 388 g/mol. The number of hydrogen-bond donors (Lipinski definition) is 0. The number of amides is 2. The summed E-state index contributed by atoms with van der Waals surface area (Å²) < 4.78 is 6.15. The van der Waals surface area contributed by atoms with E-state index in [1.165, 1.54) is 11.1 Å². The second-order valence-electron chi connectivity index (χ2n) is 8.24. The molecule has 0 saturated carbocycles. The first kappa shape index (κ1) is 22.9. The Kier molecular flexibility index (Phi) is 7.37. The quantitative estimate of drug-likeness (QED) is 0.659. The average molecular weight is 423 g/mol. The molecule has 0 aromatic heterocycles. The Morgan fingerprint density at radius 1 is 1.16 bits per heavy atom. The summed E-state index contributed by atoms with van der Waals surface area (Å²) in [5.74, 6) is 0.808. The summed E-state index contributed by atoms with van der Waals surface area (Å²) in [6, 6.07) is 14.3. The van der Waals surface area contributed by atoms with Gasteiger partial charge in [0.2, 0.25) is 5.91 Å². The van der Waals surface area contributed by atoms with Gasteiger partial charge in [0, 0.05) is 26.6 Å². The monoisotopic (exact) mass is 422 g/mol. The largest absolute Gasteiger partial charge is 0.481 e. The molecular formula is C26H34N2O3. The molecule has 2 aromatic carbocycles. The van der Waals surface area contributed by atoms with Gasteiger partial charge in [0.25, 0.3) is 5.91 Å². The van der Waals surface area contributed by atoms with Gasteiger partial charge in [-0.25, -0.2) is 0 Å². The van der Waals surface area contributed by atoms with Crippen LogP contribution in [-0.4, -0.2) is 47.9 Å². The van der Waals surface area contributed by atoms with Crippen LogP contribution in [0.4, 0.5) is 0 Å². The zero-order valence-corrected chi connectivity index (χ0v) is 19.4. The predicted octanol–water partition coefficient (Wildman–Crippen LogP) is 4.51. The maximum Gasteiger partial charge on any atom is 0.263 e. The lowest BCUT2D eigenvalue weighted by Crippen LogP contribution is -2.40. The number of ether oxygens (including phenoxy) is 1. The molecule has 1 aliphatic rings. The molecule has 0 fully saturated rings. The normalized spacial score (nSPS) is 16.4. The van der Waals surface area contributed by atoms with Crippen LogP contribution < -0.4 is 4.74 Å². The SMILES string of the molecule is CCC(=O)N1CCc2ccc(OC(CC)C(=O)N(C)CC)cc2C1c1cccc(C)c1. The minimum Gasteiger partial charge on any atom is -0.481 e. The average Bonchev–Trinajstić information content (AvgIpc) is 2.80. The predicted molar refractivity (Wildman–Crippen MR) is 123 cm³/mol. The molecule has 2 aromatic rings. The van der Waals surface area contributed by atoms with Crippen LogP contribution in [0, 0.1) is 6.92 Å². The van der Waals surface area contributed by atoms with Crippen molar-refractivity contribution in [2.24, 2.45) is 0 Å². The summed E-state index contributed by atoms with van der Waals surface area (Å²) in [4.78, 5) is 29.1. The van der Waals surface area contributed by atoms with Crippen LogP contribution in [-0.2, 0) is 16.0 Å². The van der Waals surface area contributed by atoms with Crippen LogP contribution in [0.15, 0.2) is 42.5 Å². The van der Waals surface area contributed by atoms with E-state index in [1.54, 1.807) is 11.9 Å². The summed E-state index contributed by atoms with van der Waals surface area (Å²) in [5.41, 5.74) is 4.58. The van der Waals surface area contributed by atoms with Crippen molar-refractivity contribution in [3.05, 3.63) is 64.7 Å². The fourth-order valence-corrected chi connectivity index (χ4v) is 4.21. The van der Waals surface area contributed by atoms with Crippen molar-refractivity contribution < 1.29 is 14.3 Å². The van der Waals surface area contributed by atoms with Crippen molar-refractivity contribution in [3.63, 3.8) is 0 Å². The zero-order valence-electron chi connectivity index (χ0n) is 19.4. The van der Waals surface area contributed by atoms with E-state index in [2.05, 4.69) is 31.2 Å². The highest BCUT2D eigenvalue weighted by molar-refractivity contribution is 5.81. The standard InChI is InChI=1S/C26H34N2O3/c1-6-23(26(30)27(5)8-3)31-21-13-12-19-14-15-28(24(29)7-2)25(22(19)17-21)20-11-9-10-18(4)16-20/h9-13,16-17,23,25H,6-8,14-15H2,1-5H3. The second kappa shape index (κ2) is 9.99. The molecule has 1 aliphatic heterocycles. The third-order valence-electron chi connectivity index (χ3n) is 6.10. The Labute approximate surface area is 186 Å². The van der Waals surface area contributed by atoms with Gasteiger partial charge in [-0.1, -0.05) is 49.7 Å². The van der Waals surface area contributed by atoms with Gasteiger partial charge in [-0.15, -0.1) is 0 Å². The number of carbonyl (C=O) groups excluding carboxylic acids is 2. The van der Waals surface area contributed by atoms with Gasteiger partial charge < -0.3 is 14.5 Å². The number of aryl methyl sites for hydroxylation is 1. The molecule has 0 N–H and O–H groups in total. The minimum absolute atomic E-state index is 0.0132. The van der Waals surface area contributed by atoms with Crippen molar-refractivity contribution in [2.45, 2.75) is 59.1 Å². The highest BCUT2D eigenvalue weighted by Gasteiger charge is 2.32. The molecule has 5 nitrogen and oxygen atoms in total. The van der Waals surface area contributed by atoms with Gasteiger partial charge in [-0.05, 0) is 55.5 Å². The Morgan fingerprint density at radius 2 is 1.94 bits per heavy atom. The summed E-state index contributed by atoms with van der Waals surface area (Å²) in [6.45, 7) is 9.24. The molecule has 0 aliphatic carbocycles. The first-order valence-corrected chi connectivity index (χ1v) is 11.3. The summed E-state index contributed by atoms with van der Waals surface area (Å²) in [7, 11) is 1.79. The summed E-state index contributed by atoms with van der Waals surface area (Å²) >= 11 is 0. The molecule has 3 rings (SSSR count). The van der Waals surface area contributed by atoms with Gasteiger partial charge >= 0.3 is 0 Å². The molecule has 1 heterocycles. The molecule has 0 bridgehead atoms. The number of likely N-dealkylation sites (N-methyl/N-ethyl adjacent to an activating group) is 1. The van der Waals surface area contributed by atoms with E-state index in [0.717, 1.165) is 17.5 Å². The molecule has 2 amide bonds. The van der Waals surface area contributed by atoms with Gasteiger partial charge in [0.15, 0.2) is 6.10 Å². The smallest absolute Gasteiger partial charge is 0.263 e. The number of rotatable bonds is 7. The molecule has 5 heteroatoms.